The van der Waals surface area contributed by atoms with Crippen molar-refractivity contribution in [1.29, 1.82) is 0 Å². The maximum absolute atomic E-state index is 11.4. The first-order valence-electron chi connectivity index (χ1n) is 4.94. The standard InChI is InChI=1S/C9H20N2O3S/c1-8(6-10)15(13)7-9(12)11-4-3-5-14-2/h8H,3-7,10H2,1-2H3,(H,11,12). The van der Waals surface area contributed by atoms with Crippen LogP contribution in [0.1, 0.15) is 13.3 Å². The van der Waals surface area contributed by atoms with Crippen molar-refractivity contribution in [1.82, 2.24) is 5.32 Å². The lowest BCUT2D eigenvalue weighted by molar-refractivity contribution is -0.118. The largest absolute Gasteiger partial charge is 0.385 e. The number of hydrogen-bond donors (Lipinski definition) is 2. The van der Waals surface area contributed by atoms with Crippen LogP contribution in [0, 0.1) is 0 Å². The molecule has 2 atom stereocenters. The van der Waals surface area contributed by atoms with Crippen LogP contribution < -0.4 is 11.1 Å². The number of carbonyl (C=O) groups is 1. The fourth-order valence-corrected chi connectivity index (χ4v) is 1.73. The predicted molar refractivity (Wildman–Crippen MR) is 61.0 cm³/mol. The van der Waals surface area contributed by atoms with Gasteiger partial charge in [-0.05, 0) is 13.3 Å². The molecular formula is C9H20N2O3S. The topological polar surface area (TPSA) is 81.4 Å². The summed E-state index contributed by atoms with van der Waals surface area (Å²) < 4.78 is 16.3. The molecule has 0 aliphatic carbocycles. The maximum atomic E-state index is 11.4. The zero-order chi connectivity index (χ0) is 11.7. The number of ether oxygens (including phenoxy) is 1. The van der Waals surface area contributed by atoms with Crippen LogP contribution in [0.4, 0.5) is 0 Å². The molecule has 0 aromatic rings. The van der Waals surface area contributed by atoms with E-state index in [1.807, 2.05) is 0 Å². The van der Waals surface area contributed by atoms with Crippen molar-refractivity contribution in [3.63, 3.8) is 0 Å². The predicted octanol–water partition coefficient (Wildman–Crippen LogP) is -0.765. The first-order valence-corrected chi connectivity index (χ1v) is 6.33. The smallest absolute Gasteiger partial charge is 0.232 e. The quantitative estimate of drug-likeness (QED) is 0.543. The van der Waals surface area contributed by atoms with E-state index in [4.69, 9.17) is 10.5 Å². The molecule has 5 nitrogen and oxygen atoms in total. The Morgan fingerprint density at radius 2 is 2.27 bits per heavy atom. The van der Waals surface area contributed by atoms with Crippen LogP contribution in [0.5, 0.6) is 0 Å². The van der Waals surface area contributed by atoms with E-state index in [0.717, 1.165) is 6.42 Å². The summed E-state index contributed by atoms with van der Waals surface area (Å²) in [7, 11) is 0.441. The van der Waals surface area contributed by atoms with Crippen LogP contribution >= 0.6 is 0 Å². The number of hydrogen-bond acceptors (Lipinski definition) is 4. The van der Waals surface area contributed by atoms with Gasteiger partial charge in [-0.2, -0.15) is 0 Å². The Morgan fingerprint density at radius 3 is 2.80 bits per heavy atom. The SMILES string of the molecule is COCCCNC(=O)CS(=O)C(C)CN. The third kappa shape index (κ3) is 7.47. The number of methoxy groups -OCH3 is 1. The van der Waals surface area contributed by atoms with Gasteiger partial charge in [-0.25, -0.2) is 0 Å². The van der Waals surface area contributed by atoms with E-state index in [9.17, 15) is 9.00 Å². The summed E-state index contributed by atoms with van der Waals surface area (Å²) in [6.07, 6.45) is 0.765. The Bertz CT molecular complexity index is 212. The molecule has 0 aromatic carbocycles. The molecule has 0 rings (SSSR count). The molecule has 0 radical (unpaired) electrons. The van der Waals surface area contributed by atoms with E-state index >= 15 is 0 Å². The lowest BCUT2D eigenvalue weighted by Crippen LogP contribution is -2.33. The van der Waals surface area contributed by atoms with E-state index in [-0.39, 0.29) is 16.9 Å². The van der Waals surface area contributed by atoms with Crippen LogP contribution in [-0.4, -0.2) is 47.9 Å². The maximum Gasteiger partial charge on any atom is 0.232 e. The summed E-state index contributed by atoms with van der Waals surface area (Å²) in [5.41, 5.74) is 5.35. The summed E-state index contributed by atoms with van der Waals surface area (Å²) in [5.74, 6) is -0.157. The van der Waals surface area contributed by atoms with Crippen molar-refractivity contribution >= 4 is 16.7 Å². The summed E-state index contributed by atoms with van der Waals surface area (Å²) in [5, 5.41) is 2.54. The third-order valence-corrected chi connectivity index (χ3v) is 3.54. The number of carbonyl (C=O) groups excluding carboxylic acids is 1. The minimum atomic E-state index is -1.17. The molecule has 0 aromatic heterocycles. The molecule has 3 N–H and O–H groups in total. The fourth-order valence-electron chi connectivity index (χ4n) is 0.874. The van der Waals surface area contributed by atoms with Crippen LogP contribution in [-0.2, 0) is 20.3 Å². The van der Waals surface area contributed by atoms with Gasteiger partial charge in [0.1, 0.15) is 5.75 Å². The van der Waals surface area contributed by atoms with Crippen molar-refractivity contribution in [2.45, 2.75) is 18.6 Å². The highest BCUT2D eigenvalue weighted by molar-refractivity contribution is 7.86. The third-order valence-electron chi connectivity index (χ3n) is 1.90. The summed E-state index contributed by atoms with van der Waals surface area (Å²) in [6, 6.07) is 0. The Balaban J connectivity index is 3.60. The van der Waals surface area contributed by atoms with E-state index in [2.05, 4.69) is 5.32 Å². The second-order valence-corrected chi connectivity index (χ2v) is 5.12. The van der Waals surface area contributed by atoms with Gasteiger partial charge in [0.15, 0.2) is 0 Å². The fraction of sp³-hybridized carbons (Fsp3) is 0.889. The number of nitrogens with two attached hydrogens (primary N) is 1. The highest BCUT2D eigenvalue weighted by Gasteiger charge is 2.12. The first kappa shape index (κ1) is 14.5. The summed E-state index contributed by atoms with van der Waals surface area (Å²) >= 11 is 0. The van der Waals surface area contributed by atoms with E-state index in [1.54, 1.807) is 14.0 Å². The van der Waals surface area contributed by atoms with Gasteiger partial charge in [0, 0.05) is 42.9 Å². The number of rotatable bonds is 8. The van der Waals surface area contributed by atoms with Crippen molar-refractivity contribution in [3.8, 4) is 0 Å². The van der Waals surface area contributed by atoms with Crippen LogP contribution in [0.15, 0.2) is 0 Å². The molecule has 15 heavy (non-hydrogen) atoms. The monoisotopic (exact) mass is 236 g/mol. The molecule has 0 spiro atoms. The van der Waals surface area contributed by atoms with Crippen molar-refractivity contribution in [2.24, 2.45) is 5.73 Å². The van der Waals surface area contributed by atoms with Gasteiger partial charge >= 0.3 is 0 Å². The van der Waals surface area contributed by atoms with Gasteiger partial charge < -0.3 is 15.8 Å². The molecule has 0 aliphatic heterocycles. The summed E-state index contributed by atoms with van der Waals surface area (Å²) in [4.78, 5) is 11.3. The Labute approximate surface area is 93.2 Å². The molecule has 1 amide bonds. The minimum Gasteiger partial charge on any atom is -0.385 e. The number of amides is 1. The normalized spacial score (nSPS) is 14.6. The van der Waals surface area contributed by atoms with Gasteiger partial charge in [-0.1, -0.05) is 0 Å². The molecule has 2 unspecified atom stereocenters. The van der Waals surface area contributed by atoms with Gasteiger partial charge in [-0.15, -0.1) is 0 Å². The molecule has 90 valence electrons. The second-order valence-electron chi connectivity index (χ2n) is 3.27. The second kappa shape index (κ2) is 8.82. The van der Waals surface area contributed by atoms with E-state index < -0.39 is 10.8 Å². The molecular weight excluding hydrogens is 216 g/mol. The Kier molecular flexibility index (Phi) is 8.55. The molecule has 0 aliphatic rings. The lowest BCUT2D eigenvalue weighted by Gasteiger charge is -2.08. The van der Waals surface area contributed by atoms with E-state index in [1.165, 1.54) is 0 Å². The minimum absolute atomic E-state index is 0.0331. The first-order chi connectivity index (χ1) is 7.11. The van der Waals surface area contributed by atoms with Gasteiger partial charge in [0.05, 0.1) is 0 Å². The Hall–Kier alpha value is -0.460. The molecule has 0 saturated heterocycles. The van der Waals surface area contributed by atoms with Crippen molar-refractivity contribution in [3.05, 3.63) is 0 Å². The van der Waals surface area contributed by atoms with E-state index in [0.29, 0.717) is 19.7 Å². The van der Waals surface area contributed by atoms with Gasteiger partial charge in [-0.3, -0.25) is 9.00 Å². The molecule has 0 bridgehead atoms. The molecule has 0 heterocycles. The molecule has 0 saturated carbocycles. The molecule has 6 heteroatoms. The average molecular weight is 236 g/mol. The van der Waals surface area contributed by atoms with Crippen LogP contribution in [0.25, 0.3) is 0 Å². The highest BCUT2D eigenvalue weighted by Crippen LogP contribution is 1.93. The van der Waals surface area contributed by atoms with Crippen molar-refractivity contribution in [2.75, 3.05) is 32.6 Å². The lowest BCUT2D eigenvalue weighted by atomic mass is 10.4. The van der Waals surface area contributed by atoms with Gasteiger partial charge in [0.2, 0.25) is 5.91 Å². The number of nitrogens with one attached hydrogen (secondary N) is 1. The summed E-state index contributed by atoms with van der Waals surface area (Å²) in [6.45, 7) is 3.28. The van der Waals surface area contributed by atoms with Crippen LogP contribution in [0.2, 0.25) is 0 Å². The average Bonchev–Trinajstić information content (AvgIpc) is 2.23. The molecule has 0 fully saturated rings. The Morgan fingerprint density at radius 1 is 1.60 bits per heavy atom. The zero-order valence-corrected chi connectivity index (χ0v) is 10.1. The van der Waals surface area contributed by atoms with Gasteiger partial charge in [0.25, 0.3) is 0 Å². The highest BCUT2D eigenvalue weighted by atomic mass is 32.2. The zero-order valence-electron chi connectivity index (χ0n) is 9.32. The van der Waals surface area contributed by atoms with Crippen LogP contribution in [0.3, 0.4) is 0 Å². The van der Waals surface area contributed by atoms with Crippen molar-refractivity contribution < 1.29 is 13.7 Å².